The van der Waals surface area contributed by atoms with Crippen molar-refractivity contribution in [1.82, 2.24) is 15.1 Å². The molecule has 1 N–H and O–H groups in total. The highest BCUT2D eigenvalue weighted by atomic mass is 16.2. The molecule has 0 spiro atoms. The molecule has 76 valence electrons. The summed E-state index contributed by atoms with van der Waals surface area (Å²) in [7, 11) is 1.85. The van der Waals surface area contributed by atoms with Gasteiger partial charge in [0.15, 0.2) is 0 Å². The summed E-state index contributed by atoms with van der Waals surface area (Å²) in [5.74, 6) is 0.805. The summed E-state index contributed by atoms with van der Waals surface area (Å²) >= 11 is 0. The first-order valence-electron chi connectivity index (χ1n) is 4.94. The van der Waals surface area contributed by atoms with Crippen molar-refractivity contribution in [3.8, 4) is 0 Å². The Kier molecular flexibility index (Phi) is 2.27. The van der Waals surface area contributed by atoms with Crippen LogP contribution in [0.3, 0.4) is 0 Å². The number of hydrogen-bond acceptors (Lipinski definition) is 2. The zero-order chi connectivity index (χ0) is 10.1. The van der Waals surface area contributed by atoms with Crippen LogP contribution in [0, 0.1) is 12.8 Å². The van der Waals surface area contributed by atoms with Gasteiger partial charge in [0, 0.05) is 19.3 Å². The molecule has 0 bridgehead atoms. The number of aryl methyl sites for hydroxylation is 1. The second kappa shape index (κ2) is 3.44. The molecule has 0 unspecified atom stereocenters. The maximum atomic E-state index is 11.9. The molecule has 1 fully saturated rings. The molecule has 2 rings (SSSR count). The molecule has 1 aromatic heterocycles. The third kappa shape index (κ3) is 1.78. The van der Waals surface area contributed by atoms with E-state index in [1.165, 1.54) is 12.8 Å². The number of H-pyrrole nitrogens is 1. The van der Waals surface area contributed by atoms with Gasteiger partial charge in [-0.3, -0.25) is 9.89 Å². The third-order valence-electron chi connectivity index (χ3n) is 2.64. The molecule has 0 atom stereocenters. The molecule has 4 nitrogen and oxygen atoms in total. The number of rotatable bonds is 3. The molecule has 1 aliphatic carbocycles. The minimum atomic E-state index is 0.0724. The van der Waals surface area contributed by atoms with Crippen molar-refractivity contribution in [3.63, 3.8) is 0 Å². The van der Waals surface area contributed by atoms with Crippen molar-refractivity contribution >= 4 is 5.91 Å². The van der Waals surface area contributed by atoms with E-state index < -0.39 is 0 Å². The van der Waals surface area contributed by atoms with E-state index in [-0.39, 0.29) is 5.91 Å². The predicted octanol–water partition coefficient (Wildman–Crippen LogP) is 1.20. The van der Waals surface area contributed by atoms with Gasteiger partial charge < -0.3 is 4.90 Å². The molecule has 0 aliphatic heterocycles. The van der Waals surface area contributed by atoms with Gasteiger partial charge in [0.2, 0.25) is 0 Å². The summed E-state index contributed by atoms with van der Waals surface area (Å²) in [5, 5.41) is 6.62. The Hall–Kier alpha value is -1.32. The Balaban J connectivity index is 2.03. The van der Waals surface area contributed by atoms with Gasteiger partial charge in [-0.25, -0.2) is 0 Å². The zero-order valence-electron chi connectivity index (χ0n) is 8.58. The minimum absolute atomic E-state index is 0.0724. The second-order valence-corrected chi connectivity index (χ2v) is 4.04. The van der Waals surface area contributed by atoms with Crippen molar-refractivity contribution in [2.75, 3.05) is 13.6 Å². The molecule has 0 saturated heterocycles. The SMILES string of the molecule is Cc1[nH]ncc1C(=O)N(C)CC1CC1. The largest absolute Gasteiger partial charge is 0.341 e. The average Bonchev–Trinajstić information content (AvgIpc) is 2.86. The highest BCUT2D eigenvalue weighted by Crippen LogP contribution is 2.29. The normalized spacial score (nSPS) is 15.6. The van der Waals surface area contributed by atoms with Gasteiger partial charge in [-0.15, -0.1) is 0 Å². The number of amides is 1. The van der Waals surface area contributed by atoms with E-state index in [0.717, 1.165) is 18.2 Å². The Morgan fingerprint density at radius 3 is 2.93 bits per heavy atom. The van der Waals surface area contributed by atoms with Crippen LogP contribution in [-0.4, -0.2) is 34.6 Å². The first-order valence-corrected chi connectivity index (χ1v) is 4.94. The fourth-order valence-electron chi connectivity index (χ4n) is 1.54. The standard InChI is InChI=1S/C10H15N3O/c1-7-9(5-11-12-7)10(14)13(2)6-8-3-4-8/h5,8H,3-4,6H2,1-2H3,(H,11,12). The number of carbonyl (C=O) groups excluding carboxylic acids is 1. The fraction of sp³-hybridized carbons (Fsp3) is 0.600. The molecular weight excluding hydrogens is 178 g/mol. The Bertz CT molecular complexity index is 341. The molecule has 1 saturated carbocycles. The molecule has 1 aromatic rings. The number of nitrogens with zero attached hydrogens (tertiary/aromatic N) is 2. The van der Waals surface area contributed by atoms with Crippen molar-refractivity contribution in [2.45, 2.75) is 19.8 Å². The van der Waals surface area contributed by atoms with Crippen LogP contribution in [0.2, 0.25) is 0 Å². The number of aromatic nitrogens is 2. The maximum absolute atomic E-state index is 11.9. The third-order valence-corrected chi connectivity index (χ3v) is 2.64. The average molecular weight is 193 g/mol. The Morgan fingerprint density at radius 1 is 1.71 bits per heavy atom. The monoisotopic (exact) mass is 193 g/mol. The van der Waals surface area contributed by atoms with E-state index in [1.54, 1.807) is 11.1 Å². The van der Waals surface area contributed by atoms with Crippen LogP contribution in [0.25, 0.3) is 0 Å². The topological polar surface area (TPSA) is 49.0 Å². The van der Waals surface area contributed by atoms with Crippen LogP contribution >= 0.6 is 0 Å². The Labute approximate surface area is 83.3 Å². The van der Waals surface area contributed by atoms with E-state index in [4.69, 9.17) is 0 Å². The summed E-state index contributed by atoms with van der Waals surface area (Å²) in [6.07, 6.45) is 4.13. The van der Waals surface area contributed by atoms with Crippen LogP contribution in [-0.2, 0) is 0 Å². The van der Waals surface area contributed by atoms with Crippen LogP contribution in [0.4, 0.5) is 0 Å². The number of nitrogens with one attached hydrogen (secondary N) is 1. The lowest BCUT2D eigenvalue weighted by molar-refractivity contribution is 0.0788. The molecule has 1 aliphatic rings. The molecule has 1 heterocycles. The van der Waals surface area contributed by atoms with Gasteiger partial charge in [-0.05, 0) is 25.7 Å². The molecular formula is C10H15N3O. The Morgan fingerprint density at radius 2 is 2.43 bits per heavy atom. The quantitative estimate of drug-likeness (QED) is 0.784. The molecule has 1 amide bonds. The lowest BCUT2D eigenvalue weighted by Gasteiger charge is -2.15. The summed E-state index contributed by atoms with van der Waals surface area (Å²) in [6.45, 7) is 2.74. The van der Waals surface area contributed by atoms with E-state index in [1.807, 2.05) is 14.0 Å². The van der Waals surface area contributed by atoms with Gasteiger partial charge in [0.05, 0.1) is 11.8 Å². The number of hydrogen-bond donors (Lipinski definition) is 1. The first-order chi connectivity index (χ1) is 6.68. The highest BCUT2D eigenvalue weighted by Gasteiger charge is 2.25. The minimum Gasteiger partial charge on any atom is -0.341 e. The zero-order valence-corrected chi connectivity index (χ0v) is 8.58. The summed E-state index contributed by atoms with van der Waals surface area (Å²) < 4.78 is 0. The van der Waals surface area contributed by atoms with Crippen molar-refractivity contribution < 1.29 is 4.79 Å². The molecule has 14 heavy (non-hydrogen) atoms. The van der Waals surface area contributed by atoms with Gasteiger partial charge in [-0.1, -0.05) is 0 Å². The summed E-state index contributed by atoms with van der Waals surface area (Å²) in [4.78, 5) is 13.6. The second-order valence-electron chi connectivity index (χ2n) is 4.04. The smallest absolute Gasteiger partial charge is 0.257 e. The lowest BCUT2D eigenvalue weighted by Crippen LogP contribution is -2.28. The fourth-order valence-corrected chi connectivity index (χ4v) is 1.54. The predicted molar refractivity (Wildman–Crippen MR) is 53.0 cm³/mol. The molecule has 4 heteroatoms. The van der Waals surface area contributed by atoms with E-state index >= 15 is 0 Å². The molecule has 0 radical (unpaired) electrons. The van der Waals surface area contributed by atoms with Gasteiger partial charge in [0.25, 0.3) is 5.91 Å². The van der Waals surface area contributed by atoms with Gasteiger partial charge >= 0.3 is 0 Å². The van der Waals surface area contributed by atoms with Crippen LogP contribution in [0.5, 0.6) is 0 Å². The lowest BCUT2D eigenvalue weighted by atomic mass is 10.2. The van der Waals surface area contributed by atoms with Crippen LogP contribution < -0.4 is 0 Å². The number of carbonyl (C=O) groups is 1. The summed E-state index contributed by atoms with van der Waals surface area (Å²) in [5.41, 5.74) is 1.53. The van der Waals surface area contributed by atoms with Crippen molar-refractivity contribution in [3.05, 3.63) is 17.5 Å². The van der Waals surface area contributed by atoms with Crippen molar-refractivity contribution in [2.24, 2.45) is 5.92 Å². The summed E-state index contributed by atoms with van der Waals surface area (Å²) in [6, 6.07) is 0. The molecule has 0 aromatic carbocycles. The highest BCUT2D eigenvalue weighted by molar-refractivity contribution is 5.94. The first kappa shape index (κ1) is 9.24. The maximum Gasteiger partial charge on any atom is 0.257 e. The van der Waals surface area contributed by atoms with Crippen LogP contribution in [0.1, 0.15) is 28.9 Å². The van der Waals surface area contributed by atoms with Gasteiger partial charge in [0.1, 0.15) is 0 Å². The van der Waals surface area contributed by atoms with E-state index in [2.05, 4.69) is 10.2 Å². The van der Waals surface area contributed by atoms with E-state index in [0.29, 0.717) is 5.56 Å². The van der Waals surface area contributed by atoms with Crippen LogP contribution in [0.15, 0.2) is 6.20 Å². The van der Waals surface area contributed by atoms with Gasteiger partial charge in [-0.2, -0.15) is 5.10 Å². The van der Waals surface area contributed by atoms with Crippen molar-refractivity contribution in [1.29, 1.82) is 0 Å². The number of aromatic amines is 1. The van der Waals surface area contributed by atoms with E-state index in [9.17, 15) is 4.79 Å².